The summed E-state index contributed by atoms with van der Waals surface area (Å²) < 4.78 is 35.4. The van der Waals surface area contributed by atoms with Gasteiger partial charge in [-0.3, -0.25) is 4.90 Å². The fourth-order valence-corrected chi connectivity index (χ4v) is 7.06. The third kappa shape index (κ3) is 6.29. The van der Waals surface area contributed by atoms with Crippen molar-refractivity contribution in [3.8, 4) is 5.75 Å². The average molecular weight is 543 g/mol. The van der Waals surface area contributed by atoms with E-state index in [0.29, 0.717) is 18.8 Å². The van der Waals surface area contributed by atoms with Crippen LogP contribution in [0.15, 0.2) is 53.4 Å². The maximum atomic E-state index is 13.7. The van der Waals surface area contributed by atoms with Crippen molar-refractivity contribution >= 4 is 21.6 Å². The Balaban J connectivity index is 1.67. The second-order valence-corrected chi connectivity index (χ2v) is 12.4. The smallest absolute Gasteiger partial charge is 0.335 e. The number of carboxylic acid groups (broad SMARTS) is 1. The molecule has 0 spiro atoms. The summed E-state index contributed by atoms with van der Waals surface area (Å²) in [4.78, 5) is 13.6. The maximum absolute atomic E-state index is 13.7. The highest BCUT2D eigenvalue weighted by Crippen LogP contribution is 2.37. The van der Waals surface area contributed by atoms with Crippen molar-refractivity contribution < 1.29 is 28.2 Å². The van der Waals surface area contributed by atoms with E-state index >= 15 is 0 Å². The number of hydrogen-bond donors (Lipinski definition) is 2. The summed E-state index contributed by atoms with van der Waals surface area (Å²) in [6.45, 7) is 4.63. The number of fused-ring (bicyclic) bond motifs is 1. The lowest BCUT2D eigenvalue weighted by Gasteiger charge is -2.37. The van der Waals surface area contributed by atoms with Gasteiger partial charge in [-0.25, -0.2) is 13.2 Å². The number of carbonyl (C=O) groups is 1. The zero-order chi connectivity index (χ0) is 27.4. The summed E-state index contributed by atoms with van der Waals surface area (Å²) >= 11 is 0. The van der Waals surface area contributed by atoms with Gasteiger partial charge < -0.3 is 14.9 Å². The van der Waals surface area contributed by atoms with Crippen molar-refractivity contribution in [3.63, 3.8) is 0 Å². The predicted octanol–water partition coefficient (Wildman–Crippen LogP) is 4.24. The van der Waals surface area contributed by atoms with Crippen LogP contribution in [0.2, 0.25) is 0 Å². The lowest BCUT2D eigenvalue weighted by molar-refractivity contribution is 0.0693. The van der Waals surface area contributed by atoms with Gasteiger partial charge in [-0.2, -0.15) is 4.31 Å². The number of likely N-dealkylation sites (N-methyl/N-ethyl adjacent to an activating group) is 1. The quantitative estimate of drug-likeness (QED) is 0.514. The Kier molecular flexibility index (Phi) is 8.92. The highest BCUT2D eigenvalue weighted by atomic mass is 32.2. The Morgan fingerprint density at radius 1 is 1.21 bits per heavy atom. The number of rotatable bonds is 8. The first kappa shape index (κ1) is 28.3. The summed E-state index contributed by atoms with van der Waals surface area (Å²) in [6.07, 6.45) is 6.13. The van der Waals surface area contributed by atoms with Crippen LogP contribution in [0.3, 0.4) is 0 Å². The van der Waals surface area contributed by atoms with Crippen molar-refractivity contribution in [2.75, 3.05) is 26.7 Å². The molecular weight excluding hydrogens is 504 g/mol. The molecule has 2 aromatic carbocycles. The first-order chi connectivity index (χ1) is 18.1. The van der Waals surface area contributed by atoms with E-state index in [0.717, 1.165) is 36.8 Å². The Bertz CT molecular complexity index is 1290. The van der Waals surface area contributed by atoms with E-state index in [-0.39, 0.29) is 35.6 Å². The van der Waals surface area contributed by atoms with E-state index < -0.39 is 22.0 Å². The number of ether oxygens (including phenoxy) is 1. The molecule has 1 aliphatic heterocycles. The van der Waals surface area contributed by atoms with Crippen LogP contribution in [0.25, 0.3) is 5.57 Å². The maximum Gasteiger partial charge on any atom is 0.335 e. The summed E-state index contributed by atoms with van der Waals surface area (Å²) in [7, 11) is -1.95. The number of benzene rings is 2. The van der Waals surface area contributed by atoms with Crippen LogP contribution >= 0.6 is 0 Å². The number of aromatic carboxylic acids is 1. The van der Waals surface area contributed by atoms with Gasteiger partial charge in [-0.05, 0) is 80.6 Å². The molecule has 1 heterocycles. The average Bonchev–Trinajstić information content (AvgIpc) is 2.90. The molecule has 206 valence electrons. The van der Waals surface area contributed by atoms with Crippen LogP contribution < -0.4 is 4.74 Å². The third-order valence-corrected chi connectivity index (χ3v) is 9.47. The molecule has 9 heteroatoms. The first-order valence-electron chi connectivity index (χ1n) is 13.2. The molecule has 0 fully saturated rings. The monoisotopic (exact) mass is 542 g/mol. The molecule has 38 heavy (non-hydrogen) atoms. The molecule has 0 aromatic heterocycles. The standard InChI is InChI=1S/C29H38N2O6S/c1-20-16-31(21(2)19-32)38(35,36)28-13-12-24(23-9-5-4-6-10-23)15-26(28)37-27(20)18-30(3)17-22-8-7-11-25(14-22)29(33)34/h7-9,11-15,20-21,27,32H,4-6,10,16-19H2,1-3H3,(H,33,34)/t20-,21-,27+/m1/s1. The molecule has 3 atom stereocenters. The molecule has 8 nitrogen and oxygen atoms in total. The molecule has 0 saturated heterocycles. The zero-order valence-corrected chi connectivity index (χ0v) is 23.2. The number of sulfonamides is 1. The molecule has 2 aromatic rings. The fourth-order valence-electron chi connectivity index (χ4n) is 5.23. The highest BCUT2D eigenvalue weighted by molar-refractivity contribution is 7.89. The minimum Gasteiger partial charge on any atom is -0.487 e. The van der Waals surface area contributed by atoms with Crippen molar-refractivity contribution in [1.29, 1.82) is 0 Å². The van der Waals surface area contributed by atoms with Gasteiger partial charge in [0, 0.05) is 31.6 Å². The highest BCUT2D eigenvalue weighted by Gasteiger charge is 2.38. The first-order valence-corrected chi connectivity index (χ1v) is 14.7. The predicted molar refractivity (Wildman–Crippen MR) is 147 cm³/mol. The minimum absolute atomic E-state index is 0.117. The molecule has 2 N–H and O–H groups in total. The van der Waals surface area contributed by atoms with Gasteiger partial charge in [0.2, 0.25) is 10.0 Å². The van der Waals surface area contributed by atoms with Gasteiger partial charge in [-0.1, -0.05) is 31.2 Å². The van der Waals surface area contributed by atoms with Gasteiger partial charge in [0.05, 0.1) is 12.2 Å². The molecule has 2 aliphatic rings. The number of nitrogens with zero attached hydrogens (tertiary/aromatic N) is 2. The molecule has 4 rings (SSSR count). The third-order valence-electron chi connectivity index (χ3n) is 7.45. The Morgan fingerprint density at radius 3 is 2.68 bits per heavy atom. The number of aliphatic hydroxyl groups excluding tert-OH is 1. The molecule has 0 saturated carbocycles. The second-order valence-electron chi connectivity index (χ2n) is 10.6. The van der Waals surface area contributed by atoms with Crippen LogP contribution in [-0.2, 0) is 16.6 Å². The molecule has 1 aliphatic carbocycles. The Labute approximate surface area is 225 Å². The summed E-state index contributed by atoms with van der Waals surface area (Å²) in [6, 6.07) is 11.6. The molecular formula is C29H38N2O6S. The second kappa shape index (κ2) is 12.0. The van der Waals surface area contributed by atoms with Gasteiger partial charge in [0.15, 0.2) is 0 Å². The normalized spacial score (nSPS) is 22.5. The van der Waals surface area contributed by atoms with Crippen LogP contribution in [0, 0.1) is 5.92 Å². The molecule has 0 bridgehead atoms. The SMILES string of the molecule is C[C@@H]1CN([C@H](C)CO)S(=O)(=O)c2ccc(C3=CCCCC3)cc2O[C@H]1CN(C)Cc1cccc(C(=O)O)c1. The van der Waals surface area contributed by atoms with Crippen molar-refractivity contribution in [1.82, 2.24) is 9.21 Å². The fraction of sp³-hybridized carbons (Fsp3) is 0.483. The summed E-state index contributed by atoms with van der Waals surface area (Å²) in [5.74, 6) is -0.800. The lowest BCUT2D eigenvalue weighted by atomic mass is 9.93. The van der Waals surface area contributed by atoms with Crippen molar-refractivity contribution in [2.45, 2.75) is 63.1 Å². The lowest BCUT2D eigenvalue weighted by Crippen LogP contribution is -2.49. The molecule has 0 radical (unpaired) electrons. The van der Waals surface area contributed by atoms with E-state index in [1.165, 1.54) is 9.88 Å². The van der Waals surface area contributed by atoms with E-state index in [9.17, 15) is 23.4 Å². The van der Waals surface area contributed by atoms with Crippen molar-refractivity contribution in [2.24, 2.45) is 5.92 Å². The largest absolute Gasteiger partial charge is 0.487 e. The number of aliphatic hydroxyl groups is 1. The van der Waals surface area contributed by atoms with Gasteiger partial charge in [-0.15, -0.1) is 0 Å². The number of hydrogen-bond acceptors (Lipinski definition) is 6. The van der Waals surface area contributed by atoms with Gasteiger partial charge in [0.25, 0.3) is 0 Å². The Hall–Kier alpha value is -2.72. The van der Waals surface area contributed by atoms with Gasteiger partial charge in [0.1, 0.15) is 16.7 Å². The van der Waals surface area contributed by atoms with Crippen molar-refractivity contribution in [3.05, 3.63) is 65.2 Å². The number of carboxylic acids is 1. The minimum atomic E-state index is -3.89. The molecule has 0 unspecified atom stereocenters. The van der Waals surface area contributed by atoms with E-state index in [2.05, 4.69) is 11.0 Å². The van der Waals surface area contributed by atoms with Crippen LogP contribution in [0.1, 0.15) is 61.0 Å². The van der Waals surface area contributed by atoms with E-state index in [1.807, 2.05) is 32.2 Å². The topological polar surface area (TPSA) is 107 Å². The van der Waals surface area contributed by atoms with Crippen LogP contribution in [0.5, 0.6) is 5.75 Å². The summed E-state index contributed by atoms with van der Waals surface area (Å²) in [5, 5.41) is 19.2. The van der Waals surface area contributed by atoms with Crippen LogP contribution in [0.4, 0.5) is 0 Å². The zero-order valence-electron chi connectivity index (χ0n) is 22.3. The summed E-state index contributed by atoms with van der Waals surface area (Å²) in [5.41, 5.74) is 3.30. The Morgan fingerprint density at radius 2 is 2.00 bits per heavy atom. The van der Waals surface area contributed by atoms with Crippen LogP contribution in [-0.4, -0.2) is 72.7 Å². The van der Waals surface area contributed by atoms with E-state index in [4.69, 9.17) is 4.74 Å². The van der Waals surface area contributed by atoms with E-state index in [1.54, 1.807) is 31.2 Å². The molecule has 0 amide bonds. The van der Waals surface area contributed by atoms with Gasteiger partial charge >= 0.3 is 5.97 Å². The number of allylic oxidation sites excluding steroid dienone is 2.